The van der Waals surface area contributed by atoms with Crippen LogP contribution in [0.25, 0.3) is 0 Å². The van der Waals surface area contributed by atoms with Gasteiger partial charge in [0.05, 0.1) is 25.9 Å². The molecular formula is C16H26N2O3. The summed E-state index contributed by atoms with van der Waals surface area (Å²) in [7, 11) is 1.70. The average Bonchev–Trinajstić information content (AvgIpc) is 2.49. The summed E-state index contributed by atoms with van der Waals surface area (Å²) in [6.45, 7) is 6.07. The molecule has 1 aromatic carbocycles. The van der Waals surface area contributed by atoms with E-state index in [1.807, 2.05) is 6.07 Å². The molecule has 21 heavy (non-hydrogen) atoms. The lowest BCUT2D eigenvalue weighted by molar-refractivity contribution is 0.0149. The smallest absolute Gasteiger partial charge is 0.0791 e. The van der Waals surface area contributed by atoms with Crippen LogP contribution in [-0.4, -0.2) is 62.6 Å². The molecule has 0 aliphatic carbocycles. The minimum atomic E-state index is -0.342. The van der Waals surface area contributed by atoms with Crippen LogP contribution in [-0.2, 0) is 22.6 Å². The molecule has 2 N–H and O–H groups in total. The molecule has 0 saturated carbocycles. The molecule has 0 amide bonds. The first-order chi connectivity index (χ1) is 10.3. The fourth-order valence-corrected chi connectivity index (χ4v) is 2.53. The standard InChI is InChI=1S/C16H26N2O3/c1-20-13-15-4-2-3-14(9-15)10-17-11-16(19)12-18-5-7-21-8-6-18/h2-4,9,16-17,19H,5-8,10-13H2,1H3. The van der Waals surface area contributed by atoms with Gasteiger partial charge in [-0.3, -0.25) is 4.90 Å². The van der Waals surface area contributed by atoms with E-state index in [0.717, 1.165) is 32.8 Å². The maximum absolute atomic E-state index is 10.1. The predicted octanol–water partition coefficient (Wildman–Crippen LogP) is 0.616. The van der Waals surface area contributed by atoms with Crippen LogP contribution in [0, 0.1) is 0 Å². The highest BCUT2D eigenvalue weighted by Crippen LogP contribution is 2.06. The van der Waals surface area contributed by atoms with Gasteiger partial charge in [0.15, 0.2) is 0 Å². The molecule has 5 heteroatoms. The molecule has 0 spiro atoms. The number of β-amino-alcohol motifs (C(OH)–C–C–N with tert-alkyl or cyclic N) is 1. The van der Waals surface area contributed by atoms with E-state index in [-0.39, 0.29) is 6.10 Å². The van der Waals surface area contributed by atoms with Crippen molar-refractivity contribution in [2.45, 2.75) is 19.3 Å². The summed E-state index contributed by atoms with van der Waals surface area (Å²) in [5, 5.41) is 13.4. The zero-order valence-electron chi connectivity index (χ0n) is 12.8. The summed E-state index contributed by atoms with van der Waals surface area (Å²) in [6, 6.07) is 8.31. The molecule has 2 rings (SSSR count). The highest BCUT2D eigenvalue weighted by molar-refractivity contribution is 5.22. The average molecular weight is 294 g/mol. The van der Waals surface area contributed by atoms with Gasteiger partial charge in [-0.25, -0.2) is 0 Å². The molecule has 1 saturated heterocycles. The molecule has 1 heterocycles. The van der Waals surface area contributed by atoms with Crippen molar-refractivity contribution in [3.05, 3.63) is 35.4 Å². The lowest BCUT2D eigenvalue weighted by Gasteiger charge is -2.28. The number of hydrogen-bond donors (Lipinski definition) is 2. The molecule has 118 valence electrons. The summed E-state index contributed by atoms with van der Waals surface area (Å²) in [4.78, 5) is 2.25. The number of morpholine rings is 1. The second-order valence-electron chi connectivity index (χ2n) is 5.45. The third kappa shape index (κ3) is 6.11. The summed E-state index contributed by atoms with van der Waals surface area (Å²) in [6.07, 6.45) is -0.342. The van der Waals surface area contributed by atoms with Gasteiger partial charge in [-0.2, -0.15) is 0 Å². The SMILES string of the molecule is COCc1cccc(CNCC(O)CN2CCOCC2)c1. The van der Waals surface area contributed by atoms with Crippen molar-refractivity contribution < 1.29 is 14.6 Å². The molecule has 5 nitrogen and oxygen atoms in total. The van der Waals surface area contributed by atoms with E-state index >= 15 is 0 Å². The van der Waals surface area contributed by atoms with Gasteiger partial charge < -0.3 is 19.9 Å². The normalized spacial score (nSPS) is 17.8. The summed E-state index contributed by atoms with van der Waals surface area (Å²) in [5.41, 5.74) is 2.38. The monoisotopic (exact) mass is 294 g/mol. The van der Waals surface area contributed by atoms with Gasteiger partial charge in [0, 0.05) is 39.8 Å². The van der Waals surface area contributed by atoms with E-state index in [2.05, 4.69) is 28.4 Å². The first-order valence-electron chi connectivity index (χ1n) is 7.53. The fourth-order valence-electron chi connectivity index (χ4n) is 2.53. The third-order valence-electron chi connectivity index (χ3n) is 3.58. The van der Waals surface area contributed by atoms with E-state index in [4.69, 9.17) is 9.47 Å². The number of benzene rings is 1. The molecule has 1 fully saturated rings. The Hall–Kier alpha value is -0.980. The minimum Gasteiger partial charge on any atom is -0.390 e. The number of rotatable bonds is 8. The number of ether oxygens (including phenoxy) is 2. The van der Waals surface area contributed by atoms with E-state index in [1.165, 1.54) is 11.1 Å². The van der Waals surface area contributed by atoms with E-state index in [0.29, 0.717) is 19.7 Å². The molecule has 1 aromatic rings. The Morgan fingerprint density at radius 2 is 2.10 bits per heavy atom. The highest BCUT2D eigenvalue weighted by atomic mass is 16.5. The van der Waals surface area contributed by atoms with Gasteiger partial charge in [0.2, 0.25) is 0 Å². The predicted molar refractivity (Wildman–Crippen MR) is 82.1 cm³/mol. The van der Waals surface area contributed by atoms with Crippen LogP contribution in [0.5, 0.6) is 0 Å². The Morgan fingerprint density at radius 1 is 1.33 bits per heavy atom. The minimum absolute atomic E-state index is 0.342. The van der Waals surface area contributed by atoms with Crippen molar-refractivity contribution in [1.82, 2.24) is 10.2 Å². The van der Waals surface area contributed by atoms with Crippen LogP contribution in [0.15, 0.2) is 24.3 Å². The molecule has 0 bridgehead atoms. The Kier molecular flexibility index (Phi) is 7.12. The van der Waals surface area contributed by atoms with Crippen molar-refractivity contribution in [2.24, 2.45) is 0 Å². The largest absolute Gasteiger partial charge is 0.390 e. The van der Waals surface area contributed by atoms with Gasteiger partial charge in [0.25, 0.3) is 0 Å². The number of nitrogens with one attached hydrogen (secondary N) is 1. The Morgan fingerprint density at radius 3 is 2.86 bits per heavy atom. The number of aliphatic hydroxyl groups excluding tert-OH is 1. The summed E-state index contributed by atoms with van der Waals surface area (Å²) in [5.74, 6) is 0. The zero-order valence-corrected chi connectivity index (χ0v) is 12.8. The number of methoxy groups -OCH3 is 1. The van der Waals surface area contributed by atoms with Gasteiger partial charge in [-0.15, -0.1) is 0 Å². The molecule has 1 aliphatic rings. The third-order valence-corrected chi connectivity index (χ3v) is 3.58. The molecule has 0 radical (unpaired) electrons. The van der Waals surface area contributed by atoms with Crippen molar-refractivity contribution in [1.29, 1.82) is 0 Å². The quantitative estimate of drug-likeness (QED) is 0.736. The number of aliphatic hydroxyl groups is 1. The van der Waals surface area contributed by atoms with Gasteiger partial charge in [-0.05, 0) is 11.1 Å². The maximum Gasteiger partial charge on any atom is 0.0791 e. The lowest BCUT2D eigenvalue weighted by Crippen LogP contribution is -2.43. The molecule has 0 aromatic heterocycles. The zero-order chi connectivity index (χ0) is 14.9. The van der Waals surface area contributed by atoms with Crippen LogP contribution in [0.2, 0.25) is 0 Å². The second kappa shape index (κ2) is 9.12. The molecule has 1 aliphatic heterocycles. The van der Waals surface area contributed by atoms with Crippen LogP contribution in [0.4, 0.5) is 0 Å². The number of nitrogens with zero attached hydrogens (tertiary/aromatic N) is 1. The van der Waals surface area contributed by atoms with E-state index < -0.39 is 0 Å². The van der Waals surface area contributed by atoms with Crippen molar-refractivity contribution in [3.8, 4) is 0 Å². The fraction of sp³-hybridized carbons (Fsp3) is 0.625. The molecular weight excluding hydrogens is 268 g/mol. The van der Waals surface area contributed by atoms with Crippen LogP contribution < -0.4 is 5.32 Å². The first-order valence-corrected chi connectivity index (χ1v) is 7.53. The van der Waals surface area contributed by atoms with Crippen LogP contribution in [0.3, 0.4) is 0 Å². The number of hydrogen-bond acceptors (Lipinski definition) is 5. The molecule has 1 unspecified atom stereocenters. The molecule has 1 atom stereocenters. The highest BCUT2D eigenvalue weighted by Gasteiger charge is 2.14. The second-order valence-corrected chi connectivity index (χ2v) is 5.45. The summed E-state index contributed by atoms with van der Waals surface area (Å²) >= 11 is 0. The van der Waals surface area contributed by atoms with E-state index in [9.17, 15) is 5.11 Å². The van der Waals surface area contributed by atoms with Crippen molar-refractivity contribution >= 4 is 0 Å². The van der Waals surface area contributed by atoms with E-state index in [1.54, 1.807) is 7.11 Å². The first kappa shape index (κ1) is 16.4. The Labute approximate surface area is 126 Å². The Balaban J connectivity index is 1.67. The van der Waals surface area contributed by atoms with Gasteiger partial charge in [-0.1, -0.05) is 24.3 Å². The van der Waals surface area contributed by atoms with Crippen LogP contribution >= 0.6 is 0 Å². The summed E-state index contributed by atoms with van der Waals surface area (Å²) < 4.78 is 10.4. The lowest BCUT2D eigenvalue weighted by atomic mass is 10.1. The maximum atomic E-state index is 10.1. The Bertz CT molecular complexity index is 408. The van der Waals surface area contributed by atoms with Gasteiger partial charge >= 0.3 is 0 Å². The topological polar surface area (TPSA) is 54.0 Å². The van der Waals surface area contributed by atoms with Crippen molar-refractivity contribution in [2.75, 3.05) is 46.5 Å². The van der Waals surface area contributed by atoms with Gasteiger partial charge in [0.1, 0.15) is 0 Å². The van der Waals surface area contributed by atoms with Crippen molar-refractivity contribution in [3.63, 3.8) is 0 Å². The van der Waals surface area contributed by atoms with Crippen LogP contribution in [0.1, 0.15) is 11.1 Å².